The van der Waals surface area contributed by atoms with Crippen LogP contribution in [0.15, 0.2) is 18.2 Å². The second kappa shape index (κ2) is 4.44. The van der Waals surface area contributed by atoms with Crippen molar-refractivity contribution in [1.29, 1.82) is 0 Å². The molecule has 0 aromatic heterocycles. The third-order valence-electron chi connectivity index (χ3n) is 3.67. The number of nitrogens with zero attached hydrogens (tertiary/aromatic N) is 1. The SMILES string of the molecule is Cc1cccc(F)c1N1CCC(C(C)C)C1. The number of aryl methyl sites for hydroxylation is 1. The van der Waals surface area contributed by atoms with E-state index >= 15 is 0 Å². The maximum Gasteiger partial charge on any atom is 0.146 e. The van der Waals surface area contributed by atoms with E-state index in [-0.39, 0.29) is 5.82 Å². The first kappa shape index (κ1) is 11.4. The van der Waals surface area contributed by atoms with Gasteiger partial charge in [-0.05, 0) is 36.8 Å². The second-order valence-electron chi connectivity index (χ2n) is 5.14. The molecule has 2 heteroatoms. The predicted octanol–water partition coefficient (Wildman–Crippen LogP) is 3.62. The molecule has 2 rings (SSSR count). The van der Waals surface area contributed by atoms with Gasteiger partial charge in [0, 0.05) is 13.1 Å². The standard InChI is InChI=1S/C14H20FN/c1-10(2)12-7-8-16(9-12)14-11(3)5-4-6-13(14)15/h4-6,10,12H,7-9H2,1-3H3. The van der Waals surface area contributed by atoms with Crippen LogP contribution in [0.3, 0.4) is 0 Å². The molecule has 1 unspecified atom stereocenters. The first-order valence-corrected chi connectivity index (χ1v) is 6.09. The molecule has 0 saturated carbocycles. The summed E-state index contributed by atoms with van der Waals surface area (Å²) in [5.41, 5.74) is 1.86. The van der Waals surface area contributed by atoms with Gasteiger partial charge in [-0.2, -0.15) is 0 Å². The van der Waals surface area contributed by atoms with Crippen LogP contribution in [-0.4, -0.2) is 13.1 Å². The summed E-state index contributed by atoms with van der Waals surface area (Å²) in [6.45, 7) is 8.48. The Bertz CT molecular complexity index is 353. The van der Waals surface area contributed by atoms with Crippen molar-refractivity contribution < 1.29 is 4.39 Å². The van der Waals surface area contributed by atoms with Gasteiger partial charge in [0.05, 0.1) is 5.69 Å². The van der Waals surface area contributed by atoms with E-state index in [1.165, 1.54) is 6.42 Å². The lowest BCUT2D eigenvalue weighted by molar-refractivity contribution is 0.422. The summed E-state index contributed by atoms with van der Waals surface area (Å²) in [6, 6.07) is 5.33. The van der Waals surface area contributed by atoms with Crippen LogP contribution in [0.2, 0.25) is 0 Å². The maximum absolute atomic E-state index is 13.8. The highest BCUT2D eigenvalue weighted by Gasteiger charge is 2.27. The van der Waals surface area contributed by atoms with Crippen molar-refractivity contribution in [2.45, 2.75) is 27.2 Å². The van der Waals surface area contributed by atoms with Crippen LogP contribution >= 0.6 is 0 Å². The summed E-state index contributed by atoms with van der Waals surface area (Å²) in [7, 11) is 0. The molecule has 1 heterocycles. The molecule has 1 aromatic carbocycles. The van der Waals surface area contributed by atoms with Crippen LogP contribution in [0, 0.1) is 24.6 Å². The van der Waals surface area contributed by atoms with Crippen molar-refractivity contribution in [3.63, 3.8) is 0 Å². The molecule has 0 spiro atoms. The Balaban J connectivity index is 2.20. The zero-order valence-corrected chi connectivity index (χ0v) is 10.3. The van der Waals surface area contributed by atoms with Gasteiger partial charge < -0.3 is 4.90 Å². The fraction of sp³-hybridized carbons (Fsp3) is 0.571. The topological polar surface area (TPSA) is 3.24 Å². The van der Waals surface area contributed by atoms with E-state index in [1.807, 2.05) is 13.0 Å². The summed E-state index contributed by atoms with van der Waals surface area (Å²) >= 11 is 0. The lowest BCUT2D eigenvalue weighted by atomic mass is 9.95. The Hall–Kier alpha value is -1.05. The Morgan fingerprint density at radius 2 is 2.12 bits per heavy atom. The van der Waals surface area contributed by atoms with Crippen molar-refractivity contribution >= 4 is 5.69 Å². The minimum Gasteiger partial charge on any atom is -0.369 e. The summed E-state index contributed by atoms with van der Waals surface area (Å²) in [4.78, 5) is 2.20. The zero-order chi connectivity index (χ0) is 11.7. The van der Waals surface area contributed by atoms with E-state index in [0.29, 0.717) is 11.8 Å². The van der Waals surface area contributed by atoms with Crippen LogP contribution in [0.1, 0.15) is 25.8 Å². The van der Waals surface area contributed by atoms with E-state index in [4.69, 9.17) is 0 Å². The van der Waals surface area contributed by atoms with E-state index < -0.39 is 0 Å². The Morgan fingerprint density at radius 3 is 2.69 bits per heavy atom. The molecule has 1 fully saturated rings. The Kier molecular flexibility index (Phi) is 3.17. The molecule has 88 valence electrons. The number of hydrogen-bond donors (Lipinski definition) is 0. The lowest BCUT2D eigenvalue weighted by Crippen LogP contribution is -2.23. The third kappa shape index (κ3) is 2.06. The average Bonchev–Trinajstić information content (AvgIpc) is 2.66. The van der Waals surface area contributed by atoms with Crippen LogP contribution in [0.4, 0.5) is 10.1 Å². The minimum absolute atomic E-state index is 0.0793. The van der Waals surface area contributed by atoms with Gasteiger partial charge in [0.15, 0.2) is 0 Å². The zero-order valence-electron chi connectivity index (χ0n) is 10.3. The molecule has 0 amide bonds. The molecule has 0 N–H and O–H groups in total. The number of halogens is 1. The normalized spacial score (nSPS) is 20.8. The molecule has 1 aliphatic rings. The van der Waals surface area contributed by atoms with E-state index in [0.717, 1.165) is 24.3 Å². The molecule has 16 heavy (non-hydrogen) atoms. The van der Waals surface area contributed by atoms with Gasteiger partial charge in [0.1, 0.15) is 5.82 Å². The Labute approximate surface area is 97.3 Å². The number of rotatable bonds is 2. The van der Waals surface area contributed by atoms with Gasteiger partial charge in [-0.25, -0.2) is 4.39 Å². The highest BCUT2D eigenvalue weighted by atomic mass is 19.1. The van der Waals surface area contributed by atoms with E-state index in [2.05, 4.69) is 18.7 Å². The van der Waals surface area contributed by atoms with Gasteiger partial charge in [0.2, 0.25) is 0 Å². The molecule has 1 atom stereocenters. The number of hydrogen-bond acceptors (Lipinski definition) is 1. The van der Waals surface area contributed by atoms with Crippen LogP contribution in [-0.2, 0) is 0 Å². The lowest BCUT2D eigenvalue weighted by Gasteiger charge is -2.22. The molecule has 0 radical (unpaired) electrons. The van der Waals surface area contributed by atoms with Crippen molar-refractivity contribution in [2.75, 3.05) is 18.0 Å². The first-order chi connectivity index (χ1) is 7.59. The van der Waals surface area contributed by atoms with E-state index in [9.17, 15) is 4.39 Å². The summed E-state index contributed by atoms with van der Waals surface area (Å²) in [5.74, 6) is 1.32. The van der Waals surface area contributed by atoms with E-state index in [1.54, 1.807) is 12.1 Å². The van der Waals surface area contributed by atoms with Crippen molar-refractivity contribution in [2.24, 2.45) is 11.8 Å². The molecule has 1 nitrogen and oxygen atoms in total. The van der Waals surface area contributed by atoms with Crippen LogP contribution in [0.25, 0.3) is 0 Å². The second-order valence-corrected chi connectivity index (χ2v) is 5.14. The first-order valence-electron chi connectivity index (χ1n) is 6.09. The van der Waals surface area contributed by atoms with Gasteiger partial charge in [0.25, 0.3) is 0 Å². The number of para-hydroxylation sites is 1. The maximum atomic E-state index is 13.8. The molecule has 1 saturated heterocycles. The molecular formula is C14H20FN. The third-order valence-corrected chi connectivity index (χ3v) is 3.67. The fourth-order valence-electron chi connectivity index (χ4n) is 2.56. The molecule has 0 aliphatic carbocycles. The van der Waals surface area contributed by atoms with Gasteiger partial charge in [-0.3, -0.25) is 0 Å². The van der Waals surface area contributed by atoms with Crippen LogP contribution < -0.4 is 4.90 Å². The van der Waals surface area contributed by atoms with Gasteiger partial charge >= 0.3 is 0 Å². The van der Waals surface area contributed by atoms with Crippen molar-refractivity contribution in [3.05, 3.63) is 29.6 Å². The van der Waals surface area contributed by atoms with Crippen molar-refractivity contribution in [1.82, 2.24) is 0 Å². The smallest absolute Gasteiger partial charge is 0.146 e. The quantitative estimate of drug-likeness (QED) is 0.737. The van der Waals surface area contributed by atoms with Gasteiger partial charge in [-0.1, -0.05) is 26.0 Å². The number of anilines is 1. The van der Waals surface area contributed by atoms with Crippen molar-refractivity contribution in [3.8, 4) is 0 Å². The Morgan fingerprint density at radius 1 is 1.38 bits per heavy atom. The molecule has 0 bridgehead atoms. The summed E-state index contributed by atoms with van der Waals surface area (Å²) in [5, 5.41) is 0. The van der Waals surface area contributed by atoms with Gasteiger partial charge in [-0.15, -0.1) is 0 Å². The summed E-state index contributed by atoms with van der Waals surface area (Å²) in [6.07, 6.45) is 1.19. The monoisotopic (exact) mass is 221 g/mol. The minimum atomic E-state index is -0.0793. The molecule has 1 aromatic rings. The average molecular weight is 221 g/mol. The largest absolute Gasteiger partial charge is 0.369 e. The number of benzene rings is 1. The predicted molar refractivity (Wildman–Crippen MR) is 66.3 cm³/mol. The highest BCUT2D eigenvalue weighted by molar-refractivity contribution is 5.55. The molecule has 1 aliphatic heterocycles. The highest BCUT2D eigenvalue weighted by Crippen LogP contribution is 2.31. The van der Waals surface area contributed by atoms with Crippen LogP contribution in [0.5, 0.6) is 0 Å². The molecular weight excluding hydrogens is 201 g/mol. The fourth-order valence-corrected chi connectivity index (χ4v) is 2.56. The summed E-state index contributed by atoms with van der Waals surface area (Å²) < 4.78 is 13.8.